The van der Waals surface area contributed by atoms with Crippen molar-refractivity contribution in [2.24, 2.45) is 0 Å². The van der Waals surface area contributed by atoms with Crippen molar-refractivity contribution in [1.29, 1.82) is 0 Å². The Balaban J connectivity index is 1.60. The number of ether oxygens (including phenoxy) is 1. The Hall–Kier alpha value is -3.79. The summed E-state index contributed by atoms with van der Waals surface area (Å²) in [6, 6.07) is 15.4. The molecule has 30 heavy (non-hydrogen) atoms. The molecule has 9 nitrogen and oxygen atoms in total. The second-order valence-corrected chi connectivity index (χ2v) is 7.79. The van der Waals surface area contributed by atoms with Crippen LogP contribution in [0, 0.1) is 0 Å². The number of carbonyl (C=O) groups excluding carboxylic acids is 2. The van der Waals surface area contributed by atoms with Gasteiger partial charge in [0.05, 0.1) is 10.5 Å². The van der Waals surface area contributed by atoms with Crippen LogP contribution in [0.3, 0.4) is 0 Å². The van der Waals surface area contributed by atoms with Crippen molar-refractivity contribution < 1.29 is 22.7 Å². The van der Waals surface area contributed by atoms with Crippen LogP contribution < -0.4 is 10.0 Å². The minimum Gasteiger partial charge on any atom is -0.449 e. The van der Waals surface area contributed by atoms with Gasteiger partial charge in [-0.05, 0) is 49.4 Å². The van der Waals surface area contributed by atoms with E-state index < -0.39 is 28.0 Å². The molecule has 0 unspecified atom stereocenters. The van der Waals surface area contributed by atoms with Crippen LogP contribution in [0.15, 0.2) is 78.0 Å². The molecule has 0 saturated carbocycles. The van der Waals surface area contributed by atoms with Crippen molar-refractivity contribution in [3.05, 3.63) is 78.6 Å². The molecule has 1 amide bonds. The molecule has 1 heterocycles. The molecule has 0 spiro atoms. The van der Waals surface area contributed by atoms with Crippen LogP contribution in [0.4, 0.5) is 11.6 Å². The van der Waals surface area contributed by atoms with E-state index in [1.165, 1.54) is 43.6 Å². The summed E-state index contributed by atoms with van der Waals surface area (Å²) in [6.45, 7) is 1.44. The summed E-state index contributed by atoms with van der Waals surface area (Å²) in [5.74, 6) is -1.22. The number of amides is 1. The van der Waals surface area contributed by atoms with Crippen LogP contribution in [0.5, 0.6) is 0 Å². The van der Waals surface area contributed by atoms with Gasteiger partial charge in [-0.2, -0.15) is 0 Å². The van der Waals surface area contributed by atoms with Gasteiger partial charge in [0.15, 0.2) is 6.10 Å². The molecule has 3 aromatic rings. The van der Waals surface area contributed by atoms with Crippen LogP contribution in [-0.4, -0.2) is 36.4 Å². The third-order valence-corrected chi connectivity index (χ3v) is 5.23. The van der Waals surface area contributed by atoms with Gasteiger partial charge in [-0.25, -0.2) is 27.9 Å². The van der Waals surface area contributed by atoms with E-state index in [2.05, 4.69) is 20.0 Å². The molecule has 1 aromatic heterocycles. The normalized spacial score (nSPS) is 11.9. The molecule has 0 bridgehead atoms. The molecule has 0 radical (unpaired) electrons. The Morgan fingerprint density at radius 2 is 1.57 bits per heavy atom. The Bertz CT molecular complexity index is 1120. The summed E-state index contributed by atoms with van der Waals surface area (Å²) in [5, 5.41) is 2.57. The molecule has 1 atom stereocenters. The number of benzene rings is 2. The minimum atomic E-state index is -3.88. The van der Waals surface area contributed by atoms with Gasteiger partial charge in [-0.15, -0.1) is 0 Å². The monoisotopic (exact) mass is 426 g/mol. The molecule has 10 heteroatoms. The Morgan fingerprint density at radius 3 is 2.20 bits per heavy atom. The summed E-state index contributed by atoms with van der Waals surface area (Å²) in [6.07, 6.45) is 1.78. The fraction of sp³-hybridized carbons (Fsp3) is 0.100. The molecule has 154 valence electrons. The topological polar surface area (TPSA) is 127 Å². The first-order valence-corrected chi connectivity index (χ1v) is 10.3. The highest BCUT2D eigenvalue weighted by Gasteiger charge is 2.20. The van der Waals surface area contributed by atoms with Crippen LogP contribution >= 0.6 is 0 Å². The second-order valence-electron chi connectivity index (χ2n) is 6.11. The molecule has 0 saturated heterocycles. The lowest BCUT2D eigenvalue weighted by Gasteiger charge is -2.14. The average molecular weight is 426 g/mol. The first-order chi connectivity index (χ1) is 14.3. The van der Waals surface area contributed by atoms with Crippen molar-refractivity contribution in [3.63, 3.8) is 0 Å². The fourth-order valence-electron chi connectivity index (χ4n) is 2.35. The largest absolute Gasteiger partial charge is 0.449 e. The molecule has 0 fully saturated rings. The maximum atomic E-state index is 12.4. The first-order valence-electron chi connectivity index (χ1n) is 8.82. The van der Waals surface area contributed by atoms with Crippen molar-refractivity contribution in [2.75, 3.05) is 10.0 Å². The summed E-state index contributed by atoms with van der Waals surface area (Å²) < 4.78 is 32.1. The quantitative estimate of drug-likeness (QED) is 0.556. The second kappa shape index (κ2) is 9.14. The van der Waals surface area contributed by atoms with E-state index in [0.717, 1.165) is 0 Å². The van der Waals surface area contributed by atoms with Crippen molar-refractivity contribution in [1.82, 2.24) is 9.97 Å². The Labute approximate surface area is 173 Å². The predicted octanol–water partition coefficient (Wildman–Crippen LogP) is 2.46. The van der Waals surface area contributed by atoms with Crippen molar-refractivity contribution >= 4 is 33.5 Å². The van der Waals surface area contributed by atoms with Crippen LogP contribution in [0.1, 0.15) is 17.3 Å². The Kier molecular flexibility index (Phi) is 6.38. The van der Waals surface area contributed by atoms with Crippen LogP contribution in [-0.2, 0) is 19.6 Å². The molecule has 3 rings (SSSR count). The van der Waals surface area contributed by atoms with E-state index in [1.807, 2.05) is 0 Å². The number of nitrogens with zero attached hydrogens (tertiary/aromatic N) is 2. The zero-order chi connectivity index (χ0) is 21.6. The molecule has 2 aromatic carbocycles. The van der Waals surface area contributed by atoms with Gasteiger partial charge in [0.2, 0.25) is 5.95 Å². The zero-order valence-corrected chi connectivity index (χ0v) is 16.7. The third-order valence-electron chi connectivity index (χ3n) is 3.89. The molecular weight excluding hydrogens is 408 g/mol. The van der Waals surface area contributed by atoms with E-state index in [-0.39, 0.29) is 10.8 Å². The van der Waals surface area contributed by atoms with Crippen molar-refractivity contribution in [2.45, 2.75) is 17.9 Å². The number of carbonyl (C=O) groups is 2. The number of aromatic nitrogens is 2. The van der Waals surface area contributed by atoms with Gasteiger partial charge >= 0.3 is 5.97 Å². The number of sulfonamides is 1. The van der Waals surface area contributed by atoms with Gasteiger partial charge in [-0.1, -0.05) is 18.2 Å². The highest BCUT2D eigenvalue weighted by atomic mass is 32.2. The maximum Gasteiger partial charge on any atom is 0.338 e. The average Bonchev–Trinajstić information content (AvgIpc) is 2.75. The lowest BCUT2D eigenvalue weighted by molar-refractivity contribution is -0.123. The summed E-state index contributed by atoms with van der Waals surface area (Å²) in [7, 11) is -3.88. The number of nitrogens with one attached hydrogen (secondary N) is 2. The Morgan fingerprint density at radius 1 is 0.933 bits per heavy atom. The number of hydrogen-bond acceptors (Lipinski definition) is 7. The van der Waals surface area contributed by atoms with E-state index >= 15 is 0 Å². The summed E-state index contributed by atoms with van der Waals surface area (Å²) in [5.41, 5.74) is 0.680. The minimum absolute atomic E-state index is 0.0310. The van der Waals surface area contributed by atoms with Gasteiger partial charge in [-0.3, -0.25) is 4.79 Å². The van der Waals surface area contributed by atoms with E-state index in [4.69, 9.17) is 4.74 Å². The highest BCUT2D eigenvalue weighted by Crippen LogP contribution is 2.17. The van der Waals surface area contributed by atoms with Gasteiger partial charge in [0.1, 0.15) is 0 Å². The predicted molar refractivity (Wildman–Crippen MR) is 109 cm³/mol. The standard InChI is InChI=1S/C20H18N4O5S/c1-14(29-19(26)15-6-3-2-4-7-15)18(25)23-16-8-10-17(11-9-16)30(27,28)24-20-21-12-5-13-22-20/h2-14H,1H3,(H,23,25)(H,21,22,24)/t14-/m0/s1. The zero-order valence-electron chi connectivity index (χ0n) is 15.8. The molecule has 0 aliphatic heterocycles. The number of esters is 1. The molecular formula is C20H18N4O5S. The van der Waals surface area contributed by atoms with Crippen LogP contribution in [0.2, 0.25) is 0 Å². The maximum absolute atomic E-state index is 12.4. The van der Waals surface area contributed by atoms with E-state index in [1.54, 1.807) is 36.4 Å². The van der Waals surface area contributed by atoms with Gasteiger partial charge in [0.25, 0.3) is 15.9 Å². The number of anilines is 2. The fourth-order valence-corrected chi connectivity index (χ4v) is 3.31. The number of hydrogen-bond donors (Lipinski definition) is 2. The smallest absolute Gasteiger partial charge is 0.338 e. The highest BCUT2D eigenvalue weighted by molar-refractivity contribution is 7.92. The van der Waals surface area contributed by atoms with Gasteiger partial charge in [0, 0.05) is 18.1 Å². The lowest BCUT2D eigenvalue weighted by atomic mass is 10.2. The summed E-state index contributed by atoms with van der Waals surface area (Å²) >= 11 is 0. The molecule has 2 N–H and O–H groups in total. The molecule has 0 aliphatic rings. The van der Waals surface area contributed by atoms with Gasteiger partial charge < -0.3 is 10.1 Å². The summed E-state index contributed by atoms with van der Waals surface area (Å²) in [4.78, 5) is 31.9. The van der Waals surface area contributed by atoms with Crippen molar-refractivity contribution in [3.8, 4) is 0 Å². The number of rotatable bonds is 7. The van der Waals surface area contributed by atoms with Crippen LogP contribution in [0.25, 0.3) is 0 Å². The SMILES string of the molecule is C[C@H](OC(=O)c1ccccc1)C(=O)Nc1ccc(S(=O)(=O)Nc2ncccn2)cc1. The third kappa shape index (κ3) is 5.39. The first kappa shape index (κ1) is 20.9. The molecule has 0 aliphatic carbocycles. The van der Waals surface area contributed by atoms with E-state index in [9.17, 15) is 18.0 Å². The lowest BCUT2D eigenvalue weighted by Crippen LogP contribution is -2.30. The van der Waals surface area contributed by atoms with E-state index in [0.29, 0.717) is 11.3 Å².